The lowest BCUT2D eigenvalue weighted by atomic mass is 10.2. The maximum absolute atomic E-state index is 12.4. The lowest BCUT2D eigenvalue weighted by molar-refractivity contribution is 0.0995. The average molecular weight is 435 g/mol. The molecule has 6 nitrogen and oxygen atoms in total. The van der Waals surface area contributed by atoms with E-state index in [0.29, 0.717) is 16.0 Å². The molecule has 0 saturated carbocycles. The molecule has 1 heterocycles. The molecule has 0 bridgehead atoms. The Hall–Kier alpha value is -2.58. The number of nitrogens with one attached hydrogen (secondary N) is 2. The molecule has 0 aliphatic heterocycles. The normalized spacial score (nSPS) is 11.2. The van der Waals surface area contributed by atoms with Gasteiger partial charge < -0.3 is 9.73 Å². The van der Waals surface area contributed by atoms with E-state index in [4.69, 9.17) is 4.42 Å². The maximum atomic E-state index is 12.4. The van der Waals surface area contributed by atoms with Gasteiger partial charge in [0.05, 0.1) is 4.90 Å². The second kappa shape index (κ2) is 7.35. The van der Waals surface area contributed by atoms with E-state index in [0.717, 1.165) is 5.56 Å². The maximum Gasteiger partial charge on any atom is 0.291 e. The first kappa shape index (κ1) is 18.2. The van der Waals surface area contributed by atoms with Gasteiger partial charge in [0.15, 0.2) is 10.4 Å². The van der Waals surface area contributed by atoms with Crippen LogP contribution in [0.1, 0.15) is 16.1 Å². The van der Waals surface area contributed by atoms with Crippen molar-refractivity contribution < 1.29 is 17.6 Å². The molecule has 1 aromatic heterocycles. The molecule has 0 radical (unpaired) electrons. The van der Waals surface area contributed by atoms with Gasteiger partial charge in [0, 0.05) is 11.4 Å². The van der Waals surface area contributed by atoms with Crippen LogP contribution in [0.3, 0.4) is 0 Å². The van der Waals surface area contributed by atoms with Gasteiger partial charge in [-0.25, -0.2) is 8.42 Å². The van der Waals surface area contributed by atoms with E-state index in [1.807, 2.05) is 6.92 Å². The summed E-state index contributed by atoms with van der Waals surface area (Å²) < 4.78 is 32.9. The van der Waals surface area contributed by atoms with Crippen LogP contribution < -0.4 is 10.0 Å². The van der Waals surface area contributed by atoms with Crippen molar-refractivity contribution in [3.8, 4) is 0 Å². The van der Waals surface area contributed by atoms with E-state index >= 15 is 0 Å². The number of hydrogen-bond donors (Lipinski definition) is 2. The Balaban J connectivity index is 1.69. The number of anilines is 2. The van der Waals surface area contributed by atoms with E-state index < -0.39 is 15.9 Å². The fraction of sp³-hybridized carbons (Fsp3) is 0.0556. The molecule has 0 spiro atoms. The predicted octanol–water partition coefficient (Wildman–Crippen LogP) is 4.40. The van der Waals surface area contributed by atoms with Crippen LogP contribution in [0.2, 0.25) is 0 Å². The minimum absolute atomic E-state index is 0.168. The highest BCUT2D eigenvalue weighted by Gasteiger charge is 2.14. The fourth-order valence-corrected chi connectivity index (χ4v) is 3.55. The zero-order valence-electron chi connectivity index (χ0n) is 13.7. The zero-order chi connectivity index (χ0) is 18.7. The van der Waals surface area contributed by atoms with Crippen LogP contribution in [0.5, 0.6) is 0 Å². The Labute approximate surface area is 159 Å². The number of hydrogen-bond acceptors (Lipinski definition) is 4. The molecule has 0 aliphatic carbocycles. The predicted molar refractivity (Wildman–Crippen MR) is 103 cm³/mol. The molecule has 2 aromatic carbocycles. The van der Waals surface area contributed by atoms with Gasteiger partial charge in [0.25, 0.3) is 15.9 Å². The van der Waals surface area contributed by atoms with Crippen molar-refractivity contribution in [2.45, 2.75) is 11.8 Å². The summed E-state index contributed by atoms with van der Waals surface area (Å²) in [7, 11) is -3.66. The molecule has 0 unspecified atom stereocenters. The summed E-state index contributed by atoms with van der Waals surface area (Å²) in [6, 6.07) is 16.1. The van der Waals surface area contributed by atoms with Crippen molar-refractivity contribution >= 4 is 43.2 Å². The SMILES string of the molecule is Cc1ccc(S(=O)(=O)Nc2ccc(NC(=O)c3ccc(Br)o3)cc2)cc1. The number of carbonyl (C=O) groups is 1. The second-order valence-electron chi connectivity index (χ2n) is 5.55. The molecule has 2 N–H and O–H groups in total. The quantitative estimate of drug-likeness (QED) is 0.622. The average Bonchev–Trinajstić information content (AvgIpc) is 3.03. The van der Waals surface area contributed by atoms with Gasteiger partial charge in [-0.2, -0.15) is 0 Å². The lowest BCUT2D eigenvalue weighted by Crippen LogP contribution is -2.13. The lowest BCUT2D eigenvalue weighted by Gasteiger charge is -2.09. The Kier molecular flexibility index (Phi) is 5.15. The third-order valence-corrected chi connectivity index (χ3v) is 5.35. The Morgan fingerprint density at radius 2 is 1.54 bits per heavy atom. The molecule has 0 fully saturated rings. The van der Waals surface area contributed by atoms with Crippen LogP contribution in [-0.4, -0.2) is 14.3 Å². The van der Waals surface area contributed by atoms with Gasteiger partial charge in [0.1, 0.15) is 0 Å². The van der Waals surface area contributed by atoms with Gasteiger partial charge in [-0.3, -0.25) is 9.52 Å². The number of amides is 1. The van der Waals surface area contributed by atoms with E-state index in [1.165, 1.54) is 0 Å². The van der Waals surface area contributed by atoms with Crippen molar-refractivity contribution in [2.24, 2.45) is 0 Å². The van der Waals surface area contributed by atoms with Crippen LogP contribution in [0.25, 0.3) is 0 Å². The van der Waals surface area contributed by atoms with Crippen LogP contribution in [-0.2, 0) is 10.0 Å². The third-order valence-electron chi connectivity index (χ3n) is 3.52. The molecular formula is C18H15BrN2O4S. The first-order valence-corrected chi connectivity index (χ1v) is 9.87. The van der Waals surface area contributed by atoms with Gasteiger partial charge in [-0.15, -0.1) is 0 Å². The van der Waals surface area contributed by atoms with E-state index in [1.54, 1.807) is 60.7 Å². The van der Waals surface area contributed by atoms with Gasteiger partial charge in [-0.05, 0) is 71.4 Å². The topological polar surface area (TPSA) is 88.4 Å². The second-order valence-corrected chi connectivity index (χ2v) is 8.02. The largest absolute Gasteiger partial charge is 0.444 e. The van der Waals surface area contributed by atoms with Crippen LogP contribution in [0, 0.1) is 6.92 Å². The summed E-state index contributed by atoms with van der Waals surface area (Å²) in [6.07, 6.45) is 0. The first-order valence-electron chi connectivity index (χ1n) is 7.60. The highest BCUT2D eigenvalue weighted by atomic mass is 79.9. The van der Waals surface area contributed by atoms with E-state index in [9.17, 15) is 13.2 Å². The molecule has 26 heavy (non-hydrogen) atoms. The number of aryl methyl sites for hydroxylation is 1. The van der Waals surface area contributed by atoms with Gasteiger partial charge >= 0.3 is 0 Å². The Bertz CT molecular complexity index is 1030. The highest BCUT2D eigenvalue weighted by molar-refractivity contribution is 9.10. The number of halogens is 1. The number of sulfonamides is 1. The van der Waals surface area contributed by atoms with Crippen molar-refractivity contribution in [1.82, 2.24) is 0 Å². The molecule has 8 heteroatoms. The van der Waals surface area contributed by atoms with Gasteiger partial charge in [0.2, 0.25) is 0 Å². The zero-order valence-corrected chi connectivity index (χ0v) is 16.1. The minimum Gasteiger partial charge on any atom is -0.444 e. The van der Waals surface area contributed by atoms with E-state index in [2.05, 4.69) is 26.0 Å². The highest BCUT2D eigenvalue weighted by Crippen LogP contribution is 2.20. The molecule has 134 valence electrons. The standard InChI is InChI=1S/C18H15BrN2O4S/c1-12-2-8-15(9-3-12)26(23,24)21-14-6-4-13(5-7-14)20-18(22)16-10-11-17(19)25-16/h2-11,21H,1H3,(H,20,22). The van der Waals surface area contributed by atoms with Crippen LogP contribution in [0.4, 0.5) is 11.4 Å². The summed E-state index contributed by atoms with van der Waals surface area (Å²) in [5.74, 6) is -0.232. The van der Waals surface area contributed by atoms with Crippen molar-refractivity contribution in [1.29, 1.82) is 0 Å². The molecule has 0 aliphatic rings. The first-order chi connectivity index (χ1) is 12.3. The van der Waals surface area contributed by atoms with Crippen molar-refractivity contribution in [2.75, 3.05) is 10.0 Å². The third kappa shape index (κ3) is 4.33. The summed E-state index contributed by atoms with van der Waals surface area (Å²) >= 11 is 3.13. The summed E-state index contributed by atoms with van der Waals surface area (Å²) in [4.78, 5) is 12.2. The molecule has 0 saturated heterocycles. The molecular weight excluding hydrogens is 420 g/mol. The Morgan fingerprint density at radius 3 is 2.12 bits per heavy atom. The summed E-state index contributed by atoms with van der Waals surface area (Å²) in [6.45, 7) is 1.89. The molecule has 3 aromatic rings. The van der Waals surface area contributed by atoms with E-state index in [-0.39, 0.29) is 10.7 Å². The molecule has 1 amide bonds. The van der Waals surface area contributed by atoms with Crippen molar-refractivity contribution in [3.05, 3.63) is 76.7 Å². The monoisotopic (exact) mass is 434 g/mol. The van der Waals surface area contributed by atoms with Crippen LogP contribution in [0.15, 0.2) is 74.6 Å². The van der Waals surface area contributed by atoms with Crippen LogP contribution >= 0.6 is 15.9 Å². The van der Waals surface area contributed by atoms with Gasteiger partial charge in [-0.1, -0.05) is 17.7 Å². The summed E-state index contributed by atoms with van der Waals surface area (Å²) in [5.41, 5.74) is 1.89. The van der Waals surface area contributed by atoms with Crippen molar-refractivity contribution in [3.63, 3.8) is 0 Å². The number of benzene rings is 2. The molecule has 0 atom stereocenters. The molecule has 3 rings (SSSR count). The smallest absolute Gasteiger partial charge is 0.291 e. The minimum atomic E-state index is -3.66. The summed E-state index contributed by atoms with van der Waals surface area (Å²) in [5, 5.41) is 2.67. The number of furan rings is 1. The number of carbonyl (C=O) groups excluding carboxylic acids is 1. The Morgan fingerprint density at radius 1 is 0.923 bits per heavy atom. The number of rotatable bonds is 5. The fourth-order valence-electron chi connectivity index (χ4n) is 2.18.